The van der Waals surface area contributed by atoms with Crippen LogP contribution in [0, 0.1) is 11.8 Å². The van der Waals surface area contributed by atoms with Gasteiger partial charge >= 0.3 is 0 Å². The molecule has 1 aromatic heterocycles. The van der Waals surface area contributed by atoms with Crippen molar-refractivity contribution in [1.29, 1.82) is 0 Å². The topological polar surface area (TPSA) is 72.9 Å². The van der Waals surface area contributed by atoms with Gasteiger partial charge in [-0.1, -0.05) is 20.3 Å². The lowest BCUT2D eigenvalue weighted by Crippen LogP contribution is -2.34. The molecular formula is C14H24N4O. The van der Waals surface area contributed by atoms with Gasteiger partial charge in [-0.25, -0.2) is 4.98 Å². The Morgan fingerprint density at radius 2 is 2.32 bits per heavy atom. The molecule has 1 aliphatic rings. The third-order valence-electron chi connectivity index (χ3n) is 3.76. The molecule has 0 aromatic carbocycles. The maximum Gasteiger partial charge on any atom is 0.293 e. The Bertz CT molecular complexity index is 469. The van der Waals surface area contributed by atoms with Crippen molar-refractivity contribution in [3.05, 3.63) is 22.7 Å². The standard InChI is InChI=1S/C14H24N4O/c1-10(2)9-18-7-6-16-13(14(18)19)17-12-5-3-4-11(12)8-15/h6-7,10-12H,3-5,8-9,15H2,1-2H3,(H,16,17). The molecule has 106 valence electrons. The van der Waals surface area contributed by atoms with E-state index in [2.05, 4.69) is 24.1 Å². The second-order valence-electron chi connectivity index (χ2n) is 5.80. The average Bonchev–Trinajstić information content (AvgIpc) is 2.81. The Morgan fingerprint density at radius 3 is 3.00 bits per heavy atom. The van der Waals surface area contributed by atoms with Gasteiger partial charge in [0.05, 0.1) is 0 Å². The van der Waals surface area contributed by atoms with Gasteiger partial charge in [-0.2, -0.15) is 0 Å². The highest BCUT2D eigenvalue weighted by Crippen LogP contribution is 2.26. The molecule has 1 aromatic rings. The lowest BCUT2D eigenvalue weighted by molar-refractivity contribution is 0.501. The molecule has 2 unspecified atom stereocenters. The summed E-state index contributed by atoms with van der Waals surface area (Å²) in [5.74, 6) is 1.37. The van der Waals surface area contributed by atoms with E-state index in [1.807, 2.05) is 0 Å². The maximum absolute atomic E-state index is 12.3. The summed E-state index contributed by atoms with van der Waals surface area (Å²) in [5.41, 5.74) is 5.74. The van der Waals surface area contributed by atoms with Gasteiger partial charge < -0.3 is 15.6 Å². The monoisotopic (exact) mass is 264 g/mol. The van der Waals surface area contributed by atoms with Gasteiger partial charge in [0.1, 0.15) is 0 Å². The molecule has 0 spiro atoms. The van der Waals surface area contributed by atoms with Crippen molar-refractivity contribution in [2.45, 2.75) is 45.7 Å². The zero-order chi connectivity index (χ0) is 13.8. The van der Waals surface area contributed by atoms with E-state index < -0.39 is 0 Å². The van der Waals surface area contributed by atoms with Crippen LogP contribution in [-0.4, -0.2) is 22.1 Å². The zero-order valence-electron chi connectivity index (χ0n) is 11.8. The van der Waals surface area contributed by atoms with E-state index in [0.29, 0.717) is 30.2 Å². The summed E-state index contributed by atoms with van der Waals surface area (Å²) in [6.45, 7) is 5.59. The molecule has 1 aliphatic carbocycles. The normalized spacial score (nSPS) is 22.9. The molecule has 0 amide bonds. The highest BCUT2D eigenvalue weighted by molar-refractivity contribution is 5.33. The highest BCUT2D eigenvalue weighted by atomic mass is 16.1. The quantitative estimate of drug-likeness (QED) is 0.844. The van der Waals surface area contributed by atoms with E-state index in [1.54, 1.807) is 17.0 Å². The van der Waals surface area contributed by atoms with Crippen LogP contribution in [0.4, 0.5) is 5.82 Å². The molecule has 0 bridgehead atoms. The minimum Gasteiger partial charge on any atom is -0.362 e. The molecule has 0 aliphatic heterocycles. The smallest absolute Gasteiger partial charge is 0.293 e. The van der Waals surface area contributed by atoms with Crippen molar-refractivity contribution < 1.29 is 0 Å². The molecule has 19 heavy (non-hydrogen) atoms. The van der Waals surface area contributed by atoms with Crippen LogP contribution in [-0.2, 0) is 6.54 Å². The van der Waals surface area contributed by atoms with Gasteiger partial charge in [0.15, 0.2) is 5.82 Å². The van der Waals surface area contributed by atoms with Crippen LogP contribution in [0.5, 0.6) is 0 Å². The zero-order valence-corrected chi connectivity index (χ0v) is 11.8. The number of nitrogens with one attached hydrogen (secondary N) is 1. The van der Waals surface area contributed by atoms with Crippen molar-refractivity contribution in [1.82, 2.24) is 9.55 Å². The number of nitrogens with two attached hydrogens (primary N) is 1. The van der Waals surface area contributed by atoms with Gasteiger partial charge in [-0.3, -0.25) is 4.79 Å². The molecule has 5 heteroatoms. The van der Waals surface area contributed by atoms with Crippen LogP contribution in [0.1, 0.15) is 33.1 Å². The van der Waals surface area contributed by atoms with E-state index in [0.717, 1.165) is 19.4 Å². The van der Waals surface area contributed by atoms with Gasteiger partial charge in [0, 0.05) is 25.0 Å². The SMILES string of the molecule is CC(C)Cn1ccnc(NC2CCCC2CN)c1=O. The highest BCUT2D eigenvalue weighted by Gasteiger charge is 2.26. The molecule has 1 heterocycles. The minimum atomic E-state index is -0.0288. The molecule has 1 fully saturated rings. The number of rotatable bonds is 5. The predicted molar refractivity (Wildman–Crippen MR) is 77.1 cm³/mol. The third-order valence-corrected chi connectivity index (χ3v) is 3.76. The first kappa shape index (κ1) is 14.1. The fourth-order valence-corrected chi connectivity index (χ4v) is 2.77. The van der Waals surface area contributed by atoms with E-state index in [-0.39, 0.29) is 5.56 Å². The maximum atomic E-state index is 12.3. The second kappa shape index (κ2) is 6.19. The fraction of sp³-hybridized carbons (Fsp3) is 0.714. The summed E-state index contributed by atoms with van der Waals surface area (Å²) in [6.07, 6.45) is 6.83. The largest absolute Gasteiger partial charge is 0.362 e. The molecule has 1 saturated carbocycles. The Morgan fingerprint density at radius 1 is 1.53 bits per heavy atom. The summed E-state index contributed by atoms with van der Waals surface area (Å²) >= 11 is 0. The summed E-state index contributed by atoms with van der Waals surface area (Å²) < 4.78 is 1.73. The van der Waals surface area contributed by atoms with E-state index in [1.165, 1.54) is 6.42 Å². The van der Waals surface area contributed by atoms with Crippen molar-refractivity contribution in [3.63, 3.8) is 0 Å². The van der Waals surface area contributed by atoms with Gasteiger partial charge in [-0.05, 0) is 31.2 Å². The molecule has 5 nitrogen and oxygen atoms in total. The summed E-state index contributed by atoms with van der Waals surface area (Å²) in [4.78, 5) is 16.5. The van der Waals surface area contributed by atoms with Gasteiger partial charge in [0.2, 0.25) is 0 Å². The van der Waals surface area contributed by atoms with Crippen LogP contribution in [0.15, 0.2) is 17.2 Å². The summed E-state index contributed by atoms with van der Waals surface area (Å²) in [6, 6.07) is 0.292. The van der Waals surface area contributed by atoms with Crippen molar-refractivity contribution in [2.24, 2.45) is 17.6 Å². The van der Waals surface area contributed by atoms with Gasteiger partial charge in [0.25, 0.3) is 5.56 Å². The summed E-state index contributed by atoms with van der Waals surface area (Å²) in [7, 11) is 0. The van der Waals surface area contributed by atoms with Crippen LogP contribution in [0.25, 0.3) is 0 Å². The first-order valence-corrected chi connectivity index (χ1v) is 7.14. The Balaban J connectivity index is 2.14. The minimum absolute atomic E-state index is 0.0288. The van der Waals surface area contributed by atoms with Crippen LogP contribution in [0.3, 0.4) is 0 Å². The summed E-state index contributed by atoms with van der Waals surface area (Å²) in [5, 5.41) is 3.30. The fourth-order valence-electron chi connectivity index (χ4n) is 2.77. The van der Waals surface area contributed by atoms with E-state index in [4.69, 9.17) is 5.73 Å². The number of aromatic nitrogens is 2. The second-order valence-corrected chi connectivity index (χ2v) is 5.80. The van der Waals surface area contributed by atoms with Crippen LogP contribution < -0.4 is 16.6 Å². The molecule has 0 saturated heterocycles. The number of hydrogen-bond donors (Lipinski definition) is 2. The number of nitrogens with zero attached hydrogens (tertiary/aromatic N) is 2. The lowest BCUT2D eigenvalue weighted by Gasteiger charge is -2.20. The van der Waals surface area contributed by atoms with Crippen LogP contribution in [0.2, 0.25) is 0 Å². The predicted octanol–water partition coefficient (Wildman–Crippen LogP) is 1.44. The van der Waals surface area contributed by atoms with Crippen LogP contribution >= 0.6 is 0 Å². The first-order valence-electron chi connectivity index (χ1n) is 7.14. The average molecular weight is 264 g/mol. The van der Waals surface area contributed by atoms with E-state index in [9.17, 15) is 4.79 Å². The Labute approximate surface area is 114 Å². The molecule has 3 N–H and O–H groups in total. The van der Waals surface area contributed by atoms with Crippen molar-refractivity contribution >= 4 is 5.82 Å². The first-order chi connectivity index (χ1) is 9.11. The van der Waals surface area contributed by atoms with E-state index >= 15 is 0 Å². The Kier molecular flexibility index (Phi) is 4.58. The van der Waals surface area contributed by atoms with Crippen molar-refractivity contribution in [3.8, 4) is 0 Å². The molecule has 2 rings (SSSR count). The number of hydrogen-bond acceptors (Lipinski definition) is 4. The van der Waals surface area contributed by atoms with Crippen molar-refractivity contribution in [2.75, 3.05) is 11.9 Å². The third kappa shape index (κ3) is 3.35. The molecule has 2 atom stereocenters. The van der Waals surface area contributed by atoms with Gasteiger partial charge in [-0.15, -0.1) is 0 Å². The molecular weight excluding hydrogens is 240 g/mol. The molecule has 0 radical (unpaired) electrons. The number of anilines is 1. The Hall–Kier alpha value is -1.36. The lowest BCUT2D eigenvalue weighted by atomic mass is 10.0.